The number of amides is 1. The van der Waals surface area contributed by atoms with Crippen molar-refractivity contribution in [1.29, 1.82) is 0 Å². The minimum atomic E-state index is -0.209. The number of nitrogen functional groups attached to an aromatic ring is 1. The number of hydrogen-bond donors (Lipinski definition) is 2. The smallest absolute Gasteiger partial charge is 0.256 e. The van der Waals surface area contributed by atoms with Crippen molar-refractivity contribution in [2.24, 2.45) is 13.0 Å². The van der Waals surface area contributed by atoms with E-state index in [0.29, 0.717) is 30.5 Å². The second kappa shape index (κ2) is 6.39. The van der Waals surface area contributed by atoms with Gasteiger partial charge >= 0.3 is 0 Å². The van der Waals surface area contributed by atoms with Gasteiger partial charge in [-0.2, -0.15) is 5.10 Å². The van der Waals surface area contributed by atoms with Crippen LogP contribution in [0.3, 0.4) is 0 Å². The minimum Gasteiger partial charge on any atom is -0.383 e. The molecule has 3 N–H and O–H groups in total. The maximum Gasteiger partial charge on any atom is 0.256 e. The van der Waals surface area contributed by atoms with Gasteiger partial charge in [-0.3, -0.25) is 9.48 Å². The predicted molar refractivity (Wildman–Crippen MR) is 70.2 cm³/mol. The molecule has 0 aliphatic heterocycles. The molecule has 1 rings (SSSR count). The van der Waals surface area contributed by atoms with Gasteiger partial charge < -0.3 is 15.8 Å². The average molecular weight is 254 g/mol. The number of aromatic nitrogens is 2. The van der Waals surface area contributed by atoms with Gasteiger partial charge in [-0.05, 0) is 12.8 Å². The zero-order valence-electron chi connectivity index (χ0n) is 11.4. The van der Waals surface area contributed by atoms with Crippen LogP contribution >= 0.6 is 0 Å². The number of hydrogen-bond acceptors (Lipinski definition) is 4. The van der Waals surface area contributed by atoms with Gasteiger partial charge in [0, 0.05) is 13.7 Å². The molecule has 6 nitrogen and oxygen atoms in total. The minimum absolute atomic E-state index is 0.0305. The fourth-order valence-electron chi connectivity index (χ4n) is 1.51. The van der Waals surface area contributed by atoms with Crippen LogP contribution < -0.4 is 11.1 Å². The quantitative estimate of drug-likeness (QED) is 0.786. The van der Waals surface area contributed by atoms with E-state index in [2.05, 4.69) is 10.4 Å². The van der Waals surface area contributed by atoms with Crippen molar-refractivity contribution >= 4 is 11.7 Å². The lowest BCUT2D eigenvalue weighted by atomic mass is 10.1. The molecule has 0 aromatic carbocycles. The standard InChI is InChI=1S/C12H22N4O2/c1-5-18-7-10(8(2)3)15-12(17)9-6-14-16(4)11(9)13/h6,8,10H,5,7,13H2,1-4H3,(H,15,17). The SMILES string of the molecule is CCOCC(NC(=O)c1cnn(C)c1N)C(C)C. The molecule has 0 aliphatic rings. The van der Waals surface area contributed by atoms with Crippen LogP contribution in [0.4, 0.5) is 5.82 Å². The van der Waals surface area contributed by atoms with Crippen molar-refractivity contribution in [3.8, 4) is 0 Å². The number of rotatable bonds is 6. The van der Waals surface area contributed by atoms with E-state index < -0.39 is 0 Å². The predicted octanol–water partition coefficient (Wildman–Crippen LogP) is 0.793. The van der Waals surface area contributed by atoms with Crippen molar-refractivity contribution in [1.82, 2.24) is 15.1 Å². The number of ether oxygens (including phenoxy) is 1. The highest BCUT2D eigenvalue weighted by Crippen LogP contribution is 2.11. The maximum atomic E-state index is 12.1. The van der Waals surface area contributed by atoms with Crippen molar-refractivity contribution in [2.45, 2.75) is 26.8 Å². The molecule has 6 heteroatoms. The summed E-state index contributed by atoms with van der Waals surface area (Å²) in [5.41, 5.74) is 6.17. The number of carbonyl (C=O) groups excluding carboxylic acids is 1. The summed E-state index contributed by atoms with van der Waals surface area (Å²) in [7, 11) is 1.70. The summed E-state index contributed by atoms with van der Waals surface area (Å²) in [6.45, 7) is 7.14. The molecule has 0 saturated heterocycles. The highest BCUT2D eigenvalue weighted by molar-refractivity contribution is 5.98. The van der Waals surface area contributed by atoms with Crippen LogP contribution in [0.5, 0.6) is 0 Å². The zero-order chi connectivity index (χ0) is 13.7. The molecule has 0 spiro atoms. The average Bonchev–Trinajstić information content (AvgIpc) is 2.65. The van der Waals surface area contributed by atoms with E-state index >= 15 is 0 Å². The van der Waals surface area contributed by atoms with Crippen molar-refractivity contribution in [3.05, 3.63) is 11.8 Å². The lowest BCUT2D eigenvalue weighted by Crippen LogP contribution is -2.42. The number of carbonyl (C=O) groups is 1. The molecule has 102 valence electrons. The first-order valence-electron chi connectivity index (χ1n) is 6.13. The van der Waals surface area contributed by atoms with Gasteiger partial charge in [-0.1, -0.05) is 13.8 Å². The highest BCUT2D eigenvalue weighted by Gasteiger charge is 2.20. The summed E-state index contributed by atoms with van der Waals surface area (Å²) < 4.78 is 6.84. The highest BCUT2D eigenvalue weighted by atomic mass is 16.5. The van der Waals surface area contributed by atoms with Gasteiger partial charge in [0.25, 0.3) is 5.91 Å². The second-order valence-electron chi connectivity index (χ2n) is 4.55. The molecule has 1 heterocycles. The van der Waals surface area contributed by atoms with E-state index in [9.17, 15) is 4.79 Å². The fourth-order valence-corrected chi connectivity index (χ4v) is 1.51. The van der Waals surface area contributed by atoms with Crippen LogP contribution in [-0.2, 0) is 11.8 Å². The summed E-state index contributed by atoms with van der Waals surface area (Å²) in [6.07, 6.45) is 1.47. The molecule has 0 saturated carbocycles. The first kappa shape index (κ1) is 14.5. The summed E-state index contributed by atoms with van der Waals surface area (Å²) in [6, 6.07) is -0.0305. The molecule has 0 bridgehead atoms. The van der Waals surface area contributed by atoms with Crippen LogP contribution in [-0.4, -0.2) is 34.9 Å². The summed E-state index contributed by atoms with van der Waals surface area (Å²) >= 11 is 0. The maximum absolute atomic E-state index is 12.1. The van der Waals surface area contributed by atoms with E-state index in [4.69, 9.17) is 10.5 Å². The van der Waals surface area contributed by atoms with Crippen LogP contribution in [0.2, 0.25) is 0 Å². The normalized spacial score (nSPS) is 12.7. The number of nitrogens with zero attached hydrogens (tertiary/aromatic N) is 2. The first-order valence-corrected chi connectivity index (χ1v) is 6.13. The van der Waals surface area contributed by atoms with Crippen molar-refractivity contribution < 1.29 is 9.53 Å². The Balaban J connectivity index is 2.69. The summed E-state index contributed by atoms with van der Waals surface area (Å²) in [5.74, 6) is 0.448. The van der Waals surface area contributed by atoms with Gasteiger partial charge in [-0.25, -0.2) is 0 Å². The summed E-state index contributed by atoms with van der Waals surface area (Å²) in [5, 5.41) is 6.88. The van der Waals surface area contributed by atoms with Gasteiger partial charge in [-0.15, -0.1) is 0 Å². The molecular formula is C12H22N4O2. The Kier molecular flexibility index (Phi) is 5.15. The lowest BCUT2D eigenvalue weighted by Gasteiger charge is -2.21. The third-order valence-electron chi connectivity index (χ3n) is 2.85. The van der Waals surface area contributed by atoms with Gasteiger partial charge in [0.15, 0.2) is 0 Å². The van der Waals surface area contributed by atoms with Crippen molar-refractivity contribution in [3.63, 3.8) is 0 Å². The second-order valence-corrected chi connectivity index (χ2v) is 4.55. The molecule has 0 aliphatic carbocycles. The molecule has 1 amide bonds. The molecule has 18 heavy (non-hydrogen) atoms. The Morgan fingerprint density at radius 3 is 2.72 bits per heavy atom. The fraction of sp³-hybridized carbons (Fsp3) is 0.667. The van der Waals surface area contributed by atoms with Crippen molar-refractivity contribution in [2.75, 3.05) is 18.9 Å². The number of anilines is 1. The van der Waals surface area contributed by atoms with Crippen LogP contribution in [0, 0.1) is 5.92 Å². The Hall–Kier alpha value is -1.56. The third kappa shape index (κ3) is 3.46. The van der Waals surface area contributed by atoms with E-state index in [1.807, 2.05) is 20.8 Å². The number of nitrogens with one attached hydrogen (secondary N) is 1. The molecule has 1 aromatic heterocycles. The molecule has 1 atom stereocenters. The largest absolute Gasteiger partial charge is 0.383 e. The Morgan fingerprint density at radius 2 is 2.28 bits per heavy atom. The topological polar surface area (TPSA) is 82.2 Å². The van der Waals surface area contributed by atoms with Gasteiger partial charge in [0.1, 0.15) is 11.4 Å². The van der Waals surface area contributed by atoms with E-state index in [1.54, 1.807) is 7.05 Å². The Bertz CT molecular complexity index is 401. The van der Waals surface area contributed by atoms with Crippen LogP contribution in [0.25, 0.3) is 0 Å². The van der Waals surface area contributed by atoms with Crippen LogP contribution in [0.1, 0.15) is 31.1 Å². The molecule has 1 aromatic rings. The molecule has 0 radical (unpaired) electrons. The Morgan fingerprint density at radius 1 is 1.61 bits per heavy atom. The van der Waals surface area contributed by atoms with E-state index in [1.165, 1.54) is 10.9 Å². The first-order chi connectivity index (χ1) is 8.47. The zero-order valence-corrected chi connectivity index (χ0v) is 11.4. The van der Waals surface area contributed by atoms with E-state index in [0.717, 1.165) is 0 Å². The Labute approximate surface area is 107 Å². The van der Waals surface area contributed by atoms with Crippen LogP contribution in [0.15, 0.2) is 6.20 Å². The third-order valence-corrected chi connectivity index (χ3v) is 2.85. The number of aryl methyl sites for hydroxylation is 1. The lowest BCUT2D eigenvalue weighted by molar-refractivity contribution is 0.0807. The monoisotopic (exact) mass is 254 g/mol. The van der Waals surface area contributed by atoms with E-state index in [-0.39, 0.29) is 11.9 Å². The number of nitrogens with two attached hydrogens (primary N) is 1. The molecule has 0 fully saturated rings. The molecular weight excluding hydrogens is 232 g/mol. The summed E-state index contributed by atoms with van der Waals surface area (Å²) in [4.78, 5) is 12.1. The van der Waals surface area contributed by atoms with Gasteiger partial charge in [0.2, 0.25) is 0 Å². The van der Waals surface area contributed by atoms with Gasteiger partial charge in [0.05, 0.1) is 18.8 Å². The molecule has 1 unspecified atom stereocenters.